The summed E-state index contributed by atoms with van der Waals surface area (Å²) < 4.78 is 11.5. The number of rotatable bonds is 5. The molecule has 1 aliphatic heterocycles. The van der Waals surface area contributed by atoms with E-state index < -0.39 is 8.32 Å². The van der Waals surface area contributed by atoms with Crippen LogP contribution >= 0.6 is 0 Å². The van der Waals surface area contributed by atoms with Crippen LogP contribution in [0.3, 0.4) is 0 Å². The van der Waals surface area contributed by atoms with Gasteiger partial charge >= 0.3 is 0 Å². The molecule has 4 heteroatoms. The van der Waals surface area contributed by atoms with E-state index >= 15 is 0 Å². The van der Waals surface area contributed by atoms with Crippen molar-refractivity contribution in [3.8, 4) is 0 Å². The summed E-state index contributed by atoms with van der Waals surface area (Å²) in [4.78, 5) is 0. The maximum Gasteiger partial charge on any atom is 0.192 e. The molecule has 1 saturated heterocycles. The van der Waals surface area contributed by atoms with Crippen molar-refractivity contribution in [3.05, 3.63) is 0 Å². The standard InChI is InChI=1S/C12H26O3Si/c1-9(7-10-11(8-13)14-10)15-16(5,6)12(2,3)4/h9-11,13H,7-8H2,1-6H3/t9-,10-,11-/m0/s1. The van der Waals surface area contributed by atoms with E-state index in [9.17, 15) is 0 Å². The molecule has 3 atom stereocenters. The second kappa shape index (κ2) is 4.76. The molecule has 3 nitrogen and oxygen atoms in total. The van der Waals surface area contributed by atoms with Crippen LogP contribution in [0.5, 0.6) is 0 Å². The van der Waals surface area contributed by atoms with Crippen LogP contribution in [0.1, 0.15) is 34.1 Å². The molecular formula is C12H26O3Si. The third-order valence-electron chi connectivity index (χ3n) is 3.73. The van der Waals surface area contributed by atoms with Gasteiger partial charge in [-0.25, -0.2) is 0 Å². The molecule has 0 aromatic heterocycles. The second-order valence-electron chi connectivity index (χ2n) is 6.32. The van der Waals surface area contributed by atoms with Gasteiger partial charge in [-0.15, -0.1) is 0 Å². The minimum absolute atomic E-state index is 0.0606. The van der Waals surface area contributed by atoms with Crippen molar-refractivity contribution in [2.75, 3.05) is 6.61 Å². The number of epoxide rings is 1. The van der Waals surface area contributed by atoms with Gasteiger partial charge in [-0.1, -0.05) is 20.8 Å². The summed E-state index contributed by atoms with van der Waals surface area (Å²) in [6, 6.07) is 0. The first kappa shape index (κ1) is 14.2. The van der Waals surface area contributed by atoms with Crippen molar-refractivity contribution >= 4 is 8.32 Å². The number of ether oxygens (including phenoxy) is 1. The summed E-state index contributed by atoms with van der Waals surface area (Å²) in [5.41, 5.74) is 0. The van der Waals surface area contributed by atoms with Gasteiger partial charge in [0.2, 0.25) is 0 Å². The van der Waals surface area contributed by atoms with Gasteiger partial charge in [-0.2, -0.15) is 0 Å². The molecule has 96 valence electrons. The maximum absolute atomic E-state index is 8.89. The quantitative estimate of drug-likeness (QED) is 0.599. The van der Waals surface area contributed by atoms with Gasteiger partial charge in [0.1, 0.15) is 6.10 Å². The molecule has 0 aromatic rings. The van der Waals surface area contributed by atoms with E-state index in [0.29, 0.717) is 0 Å². The Balaban J connectivity index is 2.37. The fraction of sp³-hybridized carbons (Fsp3) is 1.00. The SMILES string of the molecule is C[C@@H](C[C@@H]1O[C@H]1CO)O[Si](C)(C)C(C)(C)C. The lowest BCUT2D eigenvalue weighted by Crippen LogP contribution is -2.43. The van der Waals surface area contributed by atoms with Gasteiger partial charge in [0, 0.05) is 12.5 Å². The first-order valence-electron chi connectivity index (χ1n) is 6.11. The van der Waals surface area contributed by atoms with Gasteiger partial charge in [0.15, 0.2) is 8.32 Å². The maximum atomic E-state index is 8.89. The lowest BCUT2D eigenvalue weighted by molar-refractivity contribution is 0.175. The monoisotopic (exact) mass is 246 g/mol. The minimum atomic E-state index is -1.66. The highest BCUT2D eigenvalue weighted by atomic mass is 28.4. The summed E-state index contributed by atoms with van der Waals surface area (Å²) in [7, 11) is -1.66. The van der Waals surface area contributed by atoms with Crippen LogP contribution in [-0.4, -0.2) is 38.3 Å². The topological polar surface area (TPSA) is 42.0 Å². The Kier molecular flexibility index (Phi) is 4.22. The molecule has 1 heterocycles. The Bertz CT molecular complexity index is 235. The Hall–Kier alpha value is 0.0969. The highest BCUT2D eigenvalue weighted by Crippen LogP contribution is 2.38. The molecule has 16 heavy (non-hydrogen) atoms. The Morgan fingerprint density at radius 1 is 1.31 bits per heavy atom. The first-order chi connectivity index (χ1) is 7.17. The van der Waals surface area contributed by atoms with Gasteiger partial charge in [-0.3, -0.25) is 0 Å². The average molecular weight is 246 g/mol. The van der Waals surface area contributed by atoms with Crippen LogP contribution in [0.25, 0.3) is 0 Å². The normalized spacial score (nSPS) is 27.9. The molecule has 0 bridgehead atoms. The molecule has 1 rings (SSSR count). The van der Waals surface area contributed by atoms with Crippen molar-refractivity contribution in [3.63, 3.8) is 0 Å². The zero-order valence-electron chi connectivity index (χ0n) is 11.4. The van der Waals surface area contributed by atoms with E-state index in [0.717, 1.165) is 6.42 Å². The smallest absolute Gasteiger partial charge is 0.192 e. The van der Waals surface area contributed by atoms with Gasteiger partial charge < -0.3 is 14.3 Å². The van der Waals surface area contributed by atoms with E-state index in [1.165, 1.54) is 0 Å². The van der Waals surface area contributed by atoms with Crippen LogP contribution in [0, 0.1) is 0 Å². The van der Waals surface area contributed by atoms with Crippen molar-refractivity contribution in [2.45, 2.75) is 70.6 Å². The molecule has 0 radical (unpaired) electrons. The summed E-state index contributed by atoms with van der Waals surface area (Å²) in [6.45, 7) is 13.5. The Morgan fingerprint density at radius 2 is 1.88 bits per heavy atom. The predicted molar refractivity (Wildman–Crippen MR) is 68.1 cm³/mol. The van der Waals surface area contributed by atoms with E-state index in [1.807, 2.05) is 0 Å². The third kappa shape index (κ3) is 3.55. The summed E-state index contributed by atoms with van der Waals surface area (Å²) in [6.07, 6.45) is 1.40. The molecule has 0 amide bonds. The lowest BCUT2D eigenvalue weighted by atomic mass is 10.2. The zero-order valence-corrected chi connectivity index (χ0v) is 12.4. The highest BCUT2D eigenvalue weighted by molar-refractivity contribution is 6.74. The molecule has 1 fully saturated rings. The zero-order chi connectivity index (χ0) is 12.6. The van der Waals surface area contributed by atoms with Crippen molar-refractivity contribution < 1.29 is 14.3 Å². The van der Waals surface area contributed by atoms with E-state index in [1.54, 1.807) is 0 Å². The molecule has 0 spiro atoms. The van der Waals surface area contributed by atoms with Gasteiger partial charge in [-0.05, 0) is 25.1 Å². The van der Waals surface area contributed by atoms with Crippen molar-refractivity contribution in [1.82, 2.24) is 0 Å². The molecule has 1 N–H and O–H groups in total. The molecule has 0 unspecified atom stereocenters. The number of hydrogen-bond donors (Lipinski definition) is 1. The number of hydrogen-bond acceptors (Lipinski definition) is 3. The van der Waals surface area contributed by atoms with Gasteiger partial charge in [0.05, 0.1) is 12.7 Å². The minimum Gasteiger partial charge on any atom is -0.414 e. The Labute approximate surface area is 100 Å². The van der Waals surface area contributed by atoms with E-state index in [4.69, 9.17) is 14.3 Å². The van der Waals surface area contributed by atoms with Crippen LogP contribution < -0.4 is 0 Å². The molecule has 1 aliphatic rings. The molecule has 0 aliphatic carbocycles. The van der Waals surface area contributed by atoms with Gasteiger partial charge in [0.25, 0.3) is 0 Å². The van der Waals surface area contributed by atoms with Crippen LogP contribution in [0.15, 0.2) is 0 Å². The average Bonchev–Trinajstić information content (AvgIpc) is 2.79. The number of aliphatic hydroxyl groups excluding tert-OH is 1. The summed E-state index contributed by atoms with van der Waals surface area (Å²) >= 11 is 0. The summed E-state index contributed by atoms with van der Waals surface area (Å²) in [5, 5.41) is 9.15. The highest BCUT2D eigenvalue weighted by Gasteiger charge is 2.42. The third-order valence-corrected chi connectivity index (χ3v) is 8.34. The van der Waals surface area contributed by atoms with Crippen molar-refractivity contribution in [2.24, 2.45) is 0 Å². The van der Waals surface area contributed by atoms with Crippen molar-refractivity contribution in [1.29, 1.82) is 0 Å². The molecular weight excluding hydrogens is 220 g/mol. The van der Waals surface area contributed by atoms with E-state index in [2.05, 4.69) is 40.8 Å². The fourth-order valence-corrected chi connectivity index (χ4v) is 3.06. The first-order valence-corrected chi connectivity index (χ1v) is 9.02. The van der Waals surface area contributed by atoms with E-state index in [-0.39, 0.29) is 30.0 Å². The lowest BCUT2D eigenvalue weighted by Gasteiger charge is -2.38. The molecule has 0 aromatic carbocycles. The van der Waals surface area contributed by atoms with Crippen LogP contribution in [0.4, 0.5) is 0 Å². The Morgan fingerprint density at radius 3 is 2.25 bits per heavy atom. The second-order valence-corrected chi connectivity index (χ2v) is 11.1. The summed E-state index contributed by atoms with van der Waals surface area (Å²) in [5.74, 6) is 0. The van der Waals surface area contributed by atoms with Crippen LogP contribution in [-0.2, 0) is 9.16 Å². The number of aliphatic hydroxyl groups is 1. The fourth-order valence-electron chi connectivity index (χ4n) is 1.60. The predicted octanol–water partition coefficient (Wildman–Crippen LogP) is 2.55. The van der Waals surface area contributed by atoms with Crippen LogP contribution in [0.2, 0.25) is 18.1 Å². The molecule has 0 saturated carbocycles. The largest absolute Gasteiger partial charge is 0.414 e.